The second kappa shape index (κ2) is 6.08. The molecule has 2 aromatic rings. The molecule has 0 heterocycles. The van der Waals surface area contributed by atoms with Crippen LogP contribution in [-0.4, -0.2) is 8.42 Å². The molecule has 0 unspecified atom stereocenters. The van der Waals surface area contributed by atoms with E-state index in [2.05, 4.69) is 20.7 Å². The predicted molar refractivity (Wildman–Crippen MR) is 78.9 cm³/mol. The van der Waals surface area contributed by atoms with Crippen LogP contribution < -0.4 is 10.5 Å². The van der Waals surface area contributed by atoms with Gasteiger partial charge in [0.2, 0.25) is 10.0 Å². The van der Waals surface area contributed by atoms with E-state index in [1.165, 1.54) is 18.2 Å². The van der Waals surface area contributed by atoms with Gasteiger partial charge in [-0.1, -0.05) is 15.9 Å². The van der Waals surface area contributed by atoms with Crippen molar-refractivity contribution in [2.45, 2.75) is 11.4 Å². The van der Waals surface area contributed by atoms with Gasteiger partial charge in [0.1, 0.15) is 16.5 Å². The van der Waals surface area contributed by atoms with Gasteiger partial charge in [-0.25, -0.2) is 21.9 Å². The molecule has 0 aliphatic carbocycles. The second-order valence-corrected chi connectivity index (χ2v) is 6.89. The fourth-order valence-electron chi connectivity index (χ4n) is 1.67. The third-order valence-electron chi connectivity index (χ3n) is 2.73. The van der Waals surface area contributed by atoms with Gasteiger partial charge >= 0.3 is 0 Å². The van der Waals surface area contributed by atoms with Crippen LogP contribution in [0, 0.1) is 11.6 Å². The Morgan fingerprint density at radius 2 is 1.86 bits per heavy atom. The van der Waals surface area contributed by atoms with Crippen molar-refractivity contribution in [1.29, 1.82) is 0 Å². The number of hydrogen-bond acceptors (Lipinski definition) is 3. The Hall–Kier alpha value is -1.51. The third kappa shape index (κ3) is 3.78. The number of nitrogens with two attached hydrogens (primary N) is 1. The fraction of sp³-hybridized carbons (Fsp3) is 0.0769. The Bertz CT molecular complexity index is 782. The molecule has 112 valence electrons. The fourth-order valence-corrected chi connectivity index (χ4v) is 3.23. The Morgan fingerprint density at radius 3 is 2.57 bits per heavy atom. The zero-order valence-corrected chi connectivity index (χ0v) is 13.0. The van der Waals surface area contributed by atoms with Crippen molar-refractivity contribution in [3.05, 3.63) is 58.1 Å². The van der Waals surface area contributed by atoms with E-state index in [1.54, 1.807) is 0 Å². The van der Waals surface area contributed by atoms with Crippen LogP contribution in [0.25, 0.3) is 0 Å². The highest BCUT2D eigenvalue weighted by molar-refractivity contribution is 9.10. The van der Waals surface area contributed by atoms with Crippen LogP contribution in [0.3, 0.4) is 0 Å². The lowest BCUT2D eigenvalue weighted by atomic mass is 10.2. The number of halogens is 3. The van der Waals surface area contributed by atoms with Crippen LogP contribution in [0.4, 0.5) is 14.5 Å². The standard InChI is InChI=1S/C13H11BrF2N2O2S/c14-9-1-3-11(16)8(5-9)7-18-21(19,20)13-6-10(15)2-4-12(13)17/h1-6,18H,7,17H2. The van der Waals surface area contributed by atoms with E-state index in [0.717, 1.165) is 18.2 Å². The Labute approximate surface area is 129 Å². The summed E-state index contributed by atoms with van der Waals surface area (Å²) in [5.74, 6) is -1.27. The number of nitrogen functional groups attached to an aromatic ring is 1. The maximum atomic E-state index is 13.6. The monoisotopic (exact) mass is 376 g/mol. The Kier molecular flexibility index (Phi) is 4.60. The maximum absolute atomic E-state index is 13.6. The lowest BCUT2D eigenvalue weighted by Crippen LogP contribution is -2.24. The minimum Gasteiger partial charge on any atom is -0.398 e. The van der Waals surface area contributed by atoms with Gasteiger partial charge in [0.25, 0.3) is 0 Å². The molecule has 0 aromatic heterocycles. The van der Waals surface area contributed by atoms with E-state index >= 15 is 0 Å². The maximum Gasteiger partial charge on any atom is 0.243 e. The number of anilines is 1. The van der Waals surface area contributed by atoms with Crippen molar-refractivity contribution in [2.24, 2.45) is 0 Å². The first-order chi connectivity index (χ1) is 9.79. The summed E-state index contributed by atoms with van der Waals surface area (Å²) < 4.78 is 53.7. The average molecular weight is 377 g/mol. The molecule has 0 fully saturated rings. The summed E-state index contributed by atoms with van der Waals surface area (Å²) in [5, 5.41) is 0. The number of benzene rings is 2. The van der Waals surface area contributed by atoms with E-state index < -0.39 is 21.7 Å². The summed E-state index contributed by atoms with van der Waals surface area (Å²) in [6.45, 7) is -0.274. The quantitative estimate of drug-likeness (QED) is 0.805. The van der Waals surface area contributed by atoms with Gasteiger partial charge in [-0.15, -0.1) is 0 Å². The van der Waals surface area contributed by atoms with E-state index in [9.17, 15) is 17.2 Å². The minimum atomic E-state index is -4.04. The highest BCUT2D eigenvalue weighted by Crippen LogP contribution is 2.20. The number of rotatable bonds is 4. The van der Waals surface area contributed by atoms with Crippen molar-refractivity contribution in [2.75, 3.05) is 5.73 Å². The van der Waals surface area contributed by atoms with Crippen LogP contribution in [0.15, 0.2) is 45.8 Å². The first-order valence-corrected chi connectivity index (χ1v) is 8.06. The summed E-state index contributed by atoms with van der Waals surface area (Å²) in [6.07, 6.45) is 0. The van der Waals surface area contributed by atoms with E-state index in [4.69, 9.17) is 5.73 Å². The van der Waals surface area contributed by atoms with Gasteiger partial charge in [-0.05, 0) is 36.4 Å². The van der Waals surface area contributed by atoms with Gasteiger partial charge in [0.05, 0.1) is 5.69 Å². The molecule has 4 nitrogen and oxygen atoms in total. The SMILES string of the molecule is Nc1ccc(F)cc1S(=O)(=O)NCc1cc(Br)ccc1F. The molecule has 3 N–H and O–H groups in total. The second-order valence-electron chi connectivity index (χ2n) is 4.24. The minimum absolute atomic E-state index is 0.0846. The highest BCUT2D eigenvalue weighted by Gasteiger charge is 2.18. The van der Waals surface area contributed by atoms with Crippen molar-refractivity contribution < 1.29 is 17.2 Å². The molecule has 0 spiro atoms. The number of sulfonamides is 1. The topological polar surface area (TPSA) is 72.2 Å². The molecule has 0 saturated heterocycles. The number of nitrogens with one attached hydrogen (secondary N) is 1. The molecular formula is C13H11BrF2N2O2S. The largest absolute Gasteiger partial charge is 0.398 e. The molecule has 0 aliphatic heterocycles. The van der Waals surface area contributed by atoms with Gasteiger partial charge in [0.15, 0.2) is 0 Å². The van der Waals surface area contributed by atoms with Crippen LogP contribution in [0.5, 0.6) is 0 Å². The molecule has 8 heteroatoms. The molecule has 0 atom stereocenters. The predicted octanol–water partition coefficient (Wildman–Crippen LogP) is 2.79. The normalized spacial score (nSPS) is 11.6. The molecule has 0 aliphatic rings. The van der Waals surface area contributed by atoms with Crippen molar-refractivity contribution in [3.63, 3.8) is 0 Å². The molecule has 2 aromatic carbocycles. The van der Waals surface area contributed by atoms with Crippen LogP contribution in [-0.2, 0) is 16.6 Å². The van der Waals surface area contributed by atoms with Gasteiger partial charge in [-0.2, -0.15) is 0 Å². The molecule has 0 saturated carbocycles. The van der Waals surface area contributed by atoms with Crippen molar-refractivity contribution in [3.8, 4) is 0 Å². The van der Waals surface area contributed by atoms with Crippen LogP contribution in [0.2, 0.25) is 0 Å². The first kappa shape index (κ1) is 15.9. The summed E-state index contributed by atoms with van der Waals surface area (Å²) in [5.41, 5.74) is 5.60. The molecule has 0 bridgehead atoms. The van der Waals surface area contributed by atoms with E-state index in [1.807, 2.05) is 0 Å². The lowest BCUT2D eigenvalue weighted by molar-refractivity contribution is 0.571. The van der Waals surface area contributed by atoms with Crippen molar-refractivity contribution >= 4 is 31.6 Å². The first-order valence-electron chi connectivity index (χ1n) is 5.78. The summed E-state index contributed by atoms with van der Waals surface area (Å²) in [4.78, 5) is -0.377. The molecule has 21 heavy (non-hydrogen) atoms. The van der Waals surface area contributed by atoms with Gasteiger partial charge in [-0.3, -0.25) is 0 Å². The zero-order chi connectivity index (χ0) is 15.6. The van der Waals surface area contributed by atoms with Crippen LogP contribution in [0.1, 0.15) is 5.56 Å². The summed E-state index contributed by atoms with van der Waals surface area (Å²) >= 11 is 3.17. The molecule has 0 radical (unpaired) electrons. The van der Waals surface area contributed by atoms with E-state index in [0.29, 0.717) is 4.47 Å². The summed E-state index contributed by atoms with van der Waals surface area (Å²) in [7, 11) is -4.04. The van der Waals surface area contributed by atoms with Gasteiger partial charge < -0.3 is 5.73 Å². The Morgan fingerprint density at radius 1 is 1.14 bits per heavy atom. The smallest absolute Gasteiger partial charge is 0.243 e. The lowest BCUT2D eigenvalue weighted by Gasteiger charge is -2.10. The highest BCUT2D eigenvalue weighted by atomic mass is 79.9. The third-order valence-corrected chi connectivity index (χ3v) is 4.68. The average Bonchev–Trinajstić information content (AvgIpc) is 2.42. The van der Waals surface area contributed by atoms with Crippen LogP contribution >= 0.6 is 15.9 Å². The zero-order valence-electron chi connectivity index (χ0n) is 10.6. The van der Waals surface area contributed by atoms with Gasteiger partial charge in [0, 0.05) is 16.6 Å². The molecule has 0 amide bonds. The summed E-state index contributed by atoms with van der Waals surface area (Å²) in [6, 6.07) is 7.19. The molecule has 2 rings (SSSR count). The number of hydrogen-bond donors (Lipinski definition) is 2. The van der Waals surface area contributed by atoms with E-state index in [-0.39, 0.29) is 22.7 Å². The Balaban J connectivity index is 2.26. The van der Waals surface area contributed by atoms with Crippen molar-refractivity contribution in [1.82, 2.24) is 4.72 Å². The molecular weight excluding hydrogens is 366 g/mol.